The number of nitrogens with zero attached hydrogens (tertiary/aromatic N) is 3. The van der Waals surface area contributed by atoms with Gasteiger partial charge in [-0.3, -0.25) is 19.9 Å². The molecule has 1 fully saturated rings. The van der Waals surface area contributed by atoms with Crippen molar-refractivity contribution in [3.63, 3.8) is 0 Å². The summed E-state index contributed by atoms with van der Waals surface area (Å²) in [5, 5.41) is 10.2. The first-order chi connectivity index (χ1) is 17.5. The highest BCUT2D eigenvalue weighted by Crippen LogP contribution is 2.42. The largest absolute Gasteiger partial charge is 0.497 e. The number of likely N-dealkylation sites (tertiary alicyclic amines) is 1. The zero-order chi connectivity index (χ0) is 25.5. The van der Waals surface area contributed by atoms with Crippen LogP contribution in [0.25, 0.3) is 10.9 Å². The van der Waals surface area contributed by atoms with Crippen molar-refractivity contribution in [1.82, 2.24) is 20.3 Å². The van der Waals surface area contributed by atoms with E-state index in [4.69, 9.17) is 16.3 Å². The number of pyridine rings is 2. The van der Waals surface area contributed by atoms with E-state index < -0.39 is 17.5 Å². The van der Waals surface area contributed by atoms with Crippen LogP contribution < -0.4 is 10.2 Å². The molecule has 1 aliphatic heterocycles. The van der Waals surface area contributed by atoms with Gasteiger partial charge in [-0.2, -0.15) is 0 Å². The number of benzene rings is 1. The lowest BCUT2D eigenvalue weighted by Gasteiger charge is -2.40. The lowest BCUT2D eigenvalue weighted by atomic mass is 9.73. The van der Waals surface area contributed by atoms with Crippen molar-refractivity contribution < 1.29 is 19.1 Å². The highest BCUT2D eigenvalue weighted by Gasteiger charge is 2.41. The van der Waals surface area contributed by atoms with Crippen LogP contribution in [0.4, 0.5) is 4.39 Å². The fourth-order valence-electron chi connectivity index (χ4n) is 4.69. The second-order valence-corrected chi connectivity index (χ2v) is 9.33. The van der Waals surface area contributed by atoms with Crippen LogP contribution >= 0.6 is 11.6 Å². The number of ether oxygens (including phenoxy) is 1. The highest BCUT2D eigenvalue weighted by atomic mass is 35.5. The van der Waals surface area contributed by atoms with Crippen molar-refractivity contribution in [3.05, 3.63) is 65.1 Å². The van der Waals surface area contributed by atoms with Gasteiger partial charge in [0.25, 0.3) is 0 Å². The first kappa shape index (κ1) is 25.8. The topological polar surface area (TPSA) is 87.6 Å². The molecule has 0 radical (unpaired) electrons. The Morgan fingerprint density at radius 3 is 2.81 bits per heavy atom. The van der Waals surface area contributed by atoms with Gasteiger partial charge in [-0.15, -0.1) is 0 Å². The van der Waals surface area contributed by atoms with Crippen molar-refractivity contribution in [2.24, 2.45) is 5.41 Å². The first-order valence-corrected chi connectivity index (χ1v) is 12.2. The number of amides is 1. The molecule has 0 unspecified atom stereocenters. The van der Waals surface area contributed by atoms with Gasteiger partial charge in [0.15, 0.2) is 0 Å². The van der Waals surface area contributed by atoms with Crippen LogP contribution in [0.15, 0.2) is 48.8 Å². The average molecular weight is 511 g/mol. The summed E-state index contributed by atoms with van der Waals surface area (Å²) in [6.07, 6.45) is 3.02. The third-order valence-electron chi connectivity index (χ3n) is 6.84. The molecule has 188 valence electrons. The Kier molecular flexibility index (Phi) is 8.36. The highest BCUT2D eigenvalue weighted by molar-refractivity contribution is 6.32. The Morgan fingerprint density at radius 2 is 2.11 bits per heavy atom. The maximum absolute atomic E-state index is 15.7. The average Bonchev–Trinajstić information content (AvgIpc) is 2.92. The molecule has 0 spiro atoms. The molecule has 0 aliphatic carbocycles. The van der Waals surface area contributed by atoms with Crippen LogP contribution in [0.2, 0.25) is 5.02 Å². The van der Waals surface area contributed by atoms with E-state index in [0.717, 1.165) is 0 Å². The summed E-state index contributed by atoms with van der Waals surface area (Å²) >= 11 is 6.36. The quantitative estimate of drug-likeness (QED) is 0.272. The number of fused-ring (bicyclic) bond motifs is 1. The van der Waals surface area contributed by atoms with E-state index in [0.29, 0.717) is 60.4 Å². The maximum atomic E-state index is 15.7. The van der Waals surface area contributed by atoms with Gasteiger partial charge in [0.05, 0.1) is 29.6 Å². The number of methoxy groups -OCH3 is 1. The summed E-state index contributed by atoms with van der Waals surface area (Å²) in [5.74, 6) is 6.25. The van der Waals surface area contributed by atoms with E-state index in [1.54, 1.807) is 37.0 Å². The predicted octanol–water partition coefficient (Wildman–Crippen LogP) is 4.72. The lowest BCUT2D eigenvalue weighted by molar-refractivity contribution is -0.143. The van der Waals surface area contributed by atoms with E-state index in [1.807, 2.05) is 18.2 Å². The minimum atomic E-state index is -1.42. The lowest BCUT2D eigenvalue weighted by Crippen LogP contribution is -2.48. The Hall–Kier alpha value is -3.25. The second kappa shape index (κ2) is 11.7. The second-order valence-electron chi connectivity index (χ2n) is 8.92. The molecular weight excluding hydrogens is 483 g/mol. The molecule has 36 heavy (non-hydrogen) atoms. The van der Waals surface area contributed by atoms with Crippen molar-refractivity contribution in [3.8, 4) is 17.6 Å². The van der Waals surface area contributed by atoms with Gasteiger partial charge in [0.2, 0.25) is 5.91 Å². The van der Waals surface area contributed by atoms with E-state index in [9.17, 15) is 10.0 Å². The number of hydroxylamine groups is 1. The smallest absolute Gasteiger partial charge is 0.249 e. The normalized spacial score (nSPS) is 16.1. The number of piperidine rings is 1. The number of carbonyl (C=O) groups excluding carboxylic acids is 1. The van der Waals surface area contributed by atoms with Crippen LogP contribution in [0.5, 0.6) is 5.75 Å². The number of rotatable bonds is 7. The van der Waals surface area contributed by atoms with Crippen molar-refractivity contribution in [1.29, 1.82) is 0 Å². The van der Waals surface area contributed by atoms with E-state index >= 15 is 4.39 Å². The maximum Gasteiger partial charge on any atom is 0.249 e. The fourth-order valence-corrected chi connectivity index (χ4v) is 4.96. The summed E-state index contributed by atoms with van der Waals surface area (Å²) in [5.41, 5.74) is 2.58. The Labute approximate surface area is 214 Å². The number of aromatic nitrogens is 2. The molecule has 4 rings (SSSR count). The number of nitrogens with one attached hydrogen (secondary N) is 1. The Balaban J connectivity index is 1.45. The minimum absolute atomic E-state index is 0.0724. The molecule has 1 aliphatic rings. The zero-order valence-electron chi connectivity index (χ0n) is 20.0. The molecule has 7 nitrogen and oxygen atoms in total. The zero-order valence-corrected chi connectivity index (χ0v) is 20.8. The summed E-state index contributed by atoms with van der Waals surface area (Å²) in [6.45, 7) is 1.76. The van der Waals surface area contributed by atoms with Crippen LogP contribution in [-0.2, 0) is 4.79 Å². The number of hydrogen-bond donors (Lipinski definition) is 2. The number of carbonyl (C=O) groups is 1. The van der Waals surface area contributed by atoms with Gasteiger partial charge in [-0.25, -0.2) is 14.9 Å². The summed E-state index contributed by atoms with van der Waals surface area (Å²) in [7, 11) is 1.54. The van der Waals surface area contributed by atoms with E-state index in [-0.39, 0.29) is 17.9 Å². The molecule has 0 saturated carbocycles. The standard InChI is InChI=1S/C27H28ClFN4O3/c1-36-20-7-8-24-21(17-20)25(22(28)18-31-24)23(29)9-10-27(26(34)32-35)11-15-33(16-12-27)14-4-6-19-5-2-3-13-30-19/h2-3,5,7-8,13,17-18,23,35H,9-12,14-16H2,1H3,(H,32,34)/t23-/m1/s1. The van der Waals surface area contributed by atoms with Gasteiger partial charge in [-0.05, 0) is 61.9 Å². The van der Waals surface area contributed by atoms with E-state index in [2.05, 4.69) is 26.7 Å². The SMILES string of the molecule is COc1ccc2ncc(Cl)c([C@H](F)CCC3(C(=O)NO)CCN(CC#Cc4ccccn4)CC3)c2c1. The molecule has 1 amide bonds. The number of halogens is 2. The van der Waals surface area contributed by atoms with Gasteiger partial charge in [0.1, 0.15) is 17.6 Å². The Bertz CT molecular complexity index is 1270. The van der Waals surface area contributed by atoms with Crippen LogP contribution in [0.3, 0.4) is 0 Å². The van der Waals surface area contributed by atoms with E-state index in [1.165, 1.54) is 6.20 Å². The third kappa shape index (κ3) is 5.76. The monoisotopic (exact) mass is 510 g/mol. The van der Waals surface area contributed by atoms with Crippen molar-refractivity contribution in [2.75, 3.05) is 26.7 Å². The molecular formula is C27H28ClFN4O3. The van der Waals surface area contributed by atoms with Crippen molar-refractivity contribution in [2.45, 2.75) is 31.9 Å². The molecule has 1 saturated heterocycles. The summed E-state index contributed by atoms with van der Waals surface area (Å²) in [6, 6.07) is 10.8. The predicted molar refractivity (Wildman–Crippen MR) is 136 cm³/mol. The molecule has 2 aromatic heterocycles. The fraction of sp³-hybridized carbons (Fsp3) is 0.370. The van der Waals surface area contributed by atoms with Gasteiger partial charge >= 0.3 is 0 Å². The molecule has 2 N–H and O–H groups in total. The number of alkyl halides is 1. The van der Waals surface area contributed by atoms with Gasteiger partial charge < -0.3 is 4.74 Å². The summed E-state index contributed by atoms with van der Waals surface area (Å²) < 4.78 is 21.0. The van der Waals surface area contributed by atoms with Crippen LogP contribution in [-0.4, -0.2) is 52.7 Å². The van der Waals surface area contributed by atoms with Crippen LogP contribution in [0.1, 0.15) is 43.1 Å². The van der Waals surface area contributed by atoms with Crippen LogP contribution in [0, 0.1) is 17.3 Å². The molecule has 1 aromatic carbocycles. The van der Waals surface area contributed by atoms with Gasteiger partial charge in [0, 0.05) is 36.4 Å². The van der Waals surface area contributed by atoms with Crippen molar-refractivity contribution >= 4 is 28.4 Å². The number of hydrogen-bond acceptors (Lipinski definition) is 6. The Morgan fingerprint density at radius 1 is 1.31 bits per heavy atom. The molecule has 3 aromatic rings. The first-order valence-electron chi connectivity index (χ1n) is 11.8. The molecule has 9 heteroatoms. The summed E-state index contributed by atoms with van der Waals surface area (Å²) in [4.78, 5) is 23.3. The molecule has 0 bridgehead atoms. The van der Waals surface area contributed by atoms with Gasteiger partial charge in [-0.1, -0.05) is 23.6 Å². The molecule has 1 atom stereocenters. The third-order valence-corrected chi connectivity index (χ3v) is 7.14. The molecule has 3 heterocycles. The minimum Gasteiger partial charge on any atom is -0.497 e.